The summed E-state index contributed by atoms with van der Waals surface area (Å²) in [6.45, 7) is 2.83. The first-order chi connectivity index (χ1) is 9.97. The number of halogens is 1. The maximum Gasteiger partial charge on any atom is 0.241 e. The predicted octanol–water partition coefficient (Wildman–Crippen LogP) is 2.86. The summed E-state index contributed by atoms with van der Waals surface area (Å²) < 4.78 is 13.1. The number of anilines is 2. The molecule has 1 aromatic carbocycles. The summed E-state index contributed by atoms with van der Waals surface area (Å²) in [5, 5.41) is 2.79. The Morgan fingerprint density at radius 2 is 2.14 bits per heavy atom. The van der Waals surface area contributed by atoms with Gasteiger partial charge in [0.15, 0.2) is 0 Å². The molecular weight excluding hydrogens is 269 g/mol. The fourth-order valence-electron chi connectivity index (χ4n) is 2.83. The number of likely N-dealkylation sites (N-methyl/N-ethyl adjacent to an activating group) is 1. The zero-order chi connectivity index (χ0) is 15.4. The summed E-state index contributed by atoms with van der Waals surface area (Å²) in [4.78, 5) is 14.3. The number of nitrogens with two attached hydrogens (primary N) is 1. The van der Waals surface area contributed by atoms with Gasteiger partial charge in [0.1, 0.15) is 5.82 Å². The highest BCUT2D eigenvalue weighted by atomic mass is 19.1. The largest absolute Gasteiger partial charge is 0.396 e. The molecule has 1 aliphatic rings. The topological polar surface area (TPSA) is 58.4 Å². The van der Waals surface area contributed by atoms with Gasteiger partial charge in [-0.3, -0.25) is 9.69 Å². The molecule has 1 saturated carbocycles. The molecule has 0 bridgehead atoms. The average Bonchev–Trinajstić information content (AvgIpc) is 2.94. The van der Waals surface area contributed by atoms with Crippen molar-refractivity contribution < 1.29 is 9.18 Å². The molecular formula is C16H24FN3O. The molecule has 3 N–H and O–H groups in total. The lowest BCUT2D eigenvalue weighted by atomic mass is 10.1. The van der Waals surface area contributed by atoms with E-state index in [2.05, 4.69) is 10.2 Å². The summed E-state index contributed by atoms with van der Waals surface area (Å²) in [5.74, 6) is 0.132. The normalized spacial score (nSPS) is 17.1. The highest BCUT2D eigenvalue weighted by Crippen LogP contribution is 2.25. The van der Waals surface area contributed by atoms with Gasteiger partial charge in [0, 0.05) is 12.2 Å². The third kappa shape index (κ3) is 4.17. The fraction of sp³-hybridized carbons (Fsp3) is 0.562. The van der Waals surface area contributed by atoms with Crippen molar-refractivity contribution in [3.63, 3.8) is 0 Å². The number of benzene rings is 1. The summed E-state index contributed by atoms with van der Waals surface area (Å²) in [7, 11) is 1.97. The molecule has 1 atom stereocenters. The lowest BCUT2D eigenvalue weighted by Crippen LogP contribution is -2.41. The Kier molecular flexibility index (Phi) is 5.17. The second-order valence-electron chi connectivity index (χ2n) is 5.99. The van der Waals surface area contributed by atoms with Gasteiger partial charge in [-0.2, -0.15) is 0 Å². The van der Waals surface area contributed by atoms with Gasteiger partial charge in [0.25, 0.3) is 0 Å². The van der Waals surface area contributed by atoms with Crippen LogP contribution in [0.1, 0.15) is 32.6 Å². The number of nitrogens with zero attached hydrogens (tertiary/aromatic N) is 1. The van der Waals surface area contributed by atoms with Crippen LogP contribution in [0.25, 0.3) is 0 Å². The van der Waals surface area contributed by atoms with Crippen molar-refractivity contribution in [1.29, 1.82) is 0 Å². The quantitative estimate of drug-likeness (QED) is 0.821. The summed E-state index contributed by atoms with van der Waals surface area (Å²) in [6.07, 6.45) is 5.11. The summed E-state index contributed by atoms with van der Waals surface area (Å²) in [5.41, 5.74) is 6.07. The standard InChI is InChI=1S/C16H24FN3O/c1-11(20(2)10-12-5-3-4-6-12)16(21)19-13-7-8-14(17)15(18)9-13/h7-9,11-12H,3-6,10,18H2,1-2H3,(H,19,21). The van der Waals surface area contributed by atoms with Gasteiger partial charge < -0.3 is 11.1 Å². The van der Waals surface area contributed by atoms with Crippen molar-refractivity contribution in [3.05, 3.63) is 24.0 Å². The Morgan fingerprint density at radius 3 is 2.76 bits per heavy atom. The zero-order valence-electron chi connectivity index (χ0n) is 12.7. The van der Waals surface area contributed by atoms with Crippen LogP contribution in [0.4, 0.5) is 15.8 Å². The van der Waals surface area contributed by atoms with E-state index in [1.54, 1.807) is 0 Å². The van der Waals surface area contributed by atoms with E-state index in [0.29, 0.717) is 11.6 Å². The summed E-state index contributed by atoms with van der Waals surface area (Å²) in [6, 6.07) is 4.00. The van der Waals surface area contributed by atoms with Gasteiger partial charge in [-0.25, -0.2) is 4.39 Å². The molecule has 0 saturated heterocycles. The van der Waals surface area contributed by atoms with Crippen LogP contribution in [0.15, 0.2) is 18.2 Å². The molecule has 1 fully saturated rings. The van der Waals surface area contributed by atoms with Gasteiger partial charge in [-0.1, -0.05) is 12.8 Å². The van der Waals surface area contributed by atoms with Crippen LogP contribution in [0.5, 0.6) is 0 Å². The third-order valence-corrected chi connectivity index (χ3v) is 4.33. The number of nitrogen functional groups attached to an aromatic ring is 1. The maximum atomic E-state index is 13.1. The van der Waals surface area contributed by atoms with E-state index in [1.165, 1.54) is 43.9 Å². The molecule has 0 aliphatic heterocycles. The number of hydrogen-bond acceptors (Lipinski definition) is 3. The summed E-state index contributed by atoms with van der Waals surface area (Å²) >= 11 is 0. The van der Waals surface area contributed by atoms with Gasteiger partial charge in [0.05, 0.1) is 11.7 Å². The van der Waals surface area contributed by atoms with Crippen molar-refractivity contribution in [2.45, 2.75) is 38.6 Å². The molecule has 0 heterocycles. The van der Waals surface area contributed by atoms with E-state index < -0.39 is 5.82 Å². The zero-order valence-corrected chi connectivity index (χ0v) is 12.7. The predicted molar refractivity (Wildman–Crippen MR) is 83.5 cm³/mol. The molecule has 1 aliphatic carbocycles. The number of nitrogens with one attached hydrogen (secondary N) is 1. The third-order valence-electron chi connectivity index (χ3n) is 4.33. The lowest BCUT2D eigenvalue weighted by Gasteiger charge is -2.26. The second kappa shape index (κ2) is 6.89. The van der Waals surface area contributed by atoms with Crippen molar-refractivity contribution in [3.8, 4) is 0 Å². The molecule has 0 spiro atoms. The van der Waals surface area contributed by atoms with Gasteiger partial charge in [0.2, 0.25) is 5.91 Å². The molecule has 0 aromatic heterocycles. The van der Waals surface area contributed by atoms with Crippen LogP contribution >= 0.6 is 0 Å². The number of hydrogen-bond donors (Lipinski definition) is 2. The minimum Gasteiger partial charge on any atom is -0.396 e. The molecule has 116 valence electrons. The number of carbonyl (C=O) groups is 1. The van der Waals surface area contributed by atoms with Gasteiger partial charge in [-0.15, -0.1) is 0 Å². The highest BCUT2D eigenvalue weighted by Gasteiger charge is 2.23. The van der Waals surface area contributed by atoms with E-state index in [9.17, 15) is 9.18 Å². The molecule has 5 heteroatoms. The Balaban J connectivity index is 1.90. The first-order valence-electron chi connectivity index (χ1n) is 7.53. The maximum absolute atomic E-state index is 13.1. The van der Waals surface area contributed by atoms with Crippen LogP contribution in [0, 0.1) is 11.7 Å². The SMILES string of the molecule is CC(C(=O)Nc1ccc(F)c(N)c1)N(C)CC1CCCC1. The fourth-order valence-corrected chi connectivity index (χ4v) is 2.83. The van der Waals surface area contributed by atoms with Crippen LogP contribution in [0.3, 0.4) is 0 Å². The number of amides is 1. The molecule has 0 radical (unpaired) electrons. The minimum absolute atomic E-state index is 0.0414. The smallest absolute Gasteiger partial charge is 0.241 e. The van der Waals surface area contributed by atoms with Crippen molar-refractivity contribution in [2.24, 2.45) is 5.92 Å². The second-order valence-corrected chi connectivity index (χ2v) is 5.99. The van der Waals surface area contributed by atoms with Crippen LogP contribution in [-0.2, 0) is 4.79 Å². The van der Waals surface area contributed by atoms with E-state index in [4.69, 9.17) is 5.73 Å². The average molecular weight is 293 g/mol. The Bertz CT molecular complexity index is 500. The van der Waals surface area contributed by atoms with Crippen molar-refractivity contribution in [2.75, 3.05) is 24.6 Å². The molecule has 1 unspecified atom stereocenters. The van der Waals surface area contributed by atoms with Crippen molar-refractivity contribution >= 4 is 17.3 Å². The van der Waals surface area contributed by atoms with E-state index in [-0.39, 0.29) is 17.6 Å². The first-order valence-corrected chi connectivity index (χ1v) is 7.53. The lowest BCUT2D eigenvalue weighted by molar-refractivity contribution is -0.120. The van der Waals surface area contributed by atoms with Crippen molar-refractivity contribution in [1.82, 2.24) is 4.90 Å². The van der Waals surface area contributed by atoms with Crippen LogP contribution in [-0.4, -0.2) is 30.4 Å². The monoisotopic (exact) mass is 293 g/mol. The first kappa shape index (κ1) is 15.8. The van der Waals surface area contributed by atoms with Crippen LogP contribution in [0.2, 0.25) is 0 Å². The van der Waals surface area contributed by atoms with Gasteiger partial charge in [-0.05, 0) is 50.9 Å². The Morgan fingerprint density at radius 1 is 1.48 bits per heavy atom. The minimum atomic E-state index is -0.473. The van der Waals surface area contributed by atoms with E-state index in [0.717, 1.165) is 6.54 Å². The molecule has 21 heavy (non-hydrogen) atoms. The molecule has 4 nitrogen and oxygen atoms in total. The van der Waals surface area contributed by atoms with E-state index >= 15 is 0 Å². The number of rotatable bonds is 5. The highest BCUT2D eigenvalue weighted by molar-refractivity contribution is 5.94. The van der Waals surface area contributed by atoms with Crippen LogP contribution < -0.4 is 11.1 Å². The number of carbonyl (C=O) groups excluding carboxylic acids is 1. The molecule has 2 rings (SSSR count). The molecule has 1 amide bonds. The van der Waals surface area contributed by atoms with E-state index in [1.807, 2.05) is 14.0 Å². The van der Waals surface area contributed by atoms with Gasteiger partial charge >= 0.3 is 0 Å². The molecule has 1 aromatic rings. The Labute approximate surface area is 125 Å². The Hall–Kier alpha value is -1.62.